The molecule has 3 heterocycles. The molecule has 2 aliphatic carbocycles. The number of ether oxygens (including phenoxy) is 1. The van der Waals surface area contributed by atoms with E-state index in [1.165, 1.54) is 18.2 Å². The molecule has 0 amide bonds. The molecule has 5 aromatic rings. The number of nitrogens with one attached hydrogen (secondary N) is 2. The first-order valence-corrected chi connectivity index (χ1v) is 18.1. The number of halogens is 1. The standard InChI is InChI=1S/C36H37FN6O6S/c1-21-6-3-7-22(2)32(21)28-16-31(42-35(41-28)43-50(46,47)27-9-4-8-24(14-27)34(44)45)48-20-25(17-36(37)12-5-13-36)38-18-26-19-39-33-29(40-26)15-30(49-33)23-10-11-23/h3-4,6-9,14-16,19,23,25,38H,5,10-13,17-18,20H2,1-2H3,(H,44,45)(H,41,42,43)/t25-/m1/s1. The summed E-state index contributed by atoms with van der Waals surface area (Å²) < 4.78 is 56.7. The molecule has 1 atom stereocenters. The summed E-state index contributed by atoms with van der Waals surface area (Å²) in [6, 6.07) is 13.9. The fraction of sp³-hybridized carbons (Fsp3) is 0.361. The first kappa shape index (κ1) is 33.5. The summed E-state index contributed by atoms with van der Waals surface area (Å²) in [6.45, 7) is 4.17. The lowest BCUT2D eigenvalue weighted by atomic mass is 9.77. The fourth-order valence-electron chi connectivity index (χ4n) is 6.23. The van der Waals surface area contributed by atoms with Crippen molar-refractivity contribution >= 4 is 33.2 Å². The van der Waals surface area contributed by atoms with Crippen molar-refractivity contribution in [3.63, 3.8) is 0 Å². The number of aromatic nitrogens is 4. The van der Waals surface area contributed by atoms with Crippen molar-refractivity contribution in [2.75, 3.05) is 11.3 Å². The lowest BCUT2D eigenvalue weighted by Gasteiger charge is -2.36. The first-order valence-electron chi connectivity index (χ1n) is 16.6. The molecule has 3 N–H and O–H groups in total. The Hall–Kier alpha value is -4.95. The van der Waals surface area contributed by atoms with E-state index in [9.17, 15) is 18.3 Å². The van der Waals surface area contributed by atoms with Gasteiger partial charge in [0.2, 0.25) is 17.5 Å². The molecule has 0 saturated heterocycles. The zero-order chi connectivity index (χ0) is 35.0. The minimum Gasteiger partial charge on any atom is -0.478 e. The van der Waals surface area contributed by atoms with E-state index in [-0.39, 0.29) is 35.3 Å². The summed E-state index contributed by atoms with van der Waals surface area (Å²) in [7, 11) is -4.29. The van der Waals surface area contributed by atoms with Gasteiger partial charge in [0.05, 0.1) is 28.0 Å². The minimum absolute atomic E-state index is 0.0228. The minimum atomic E-state index is -4.29. The molecule has 2 saturated carbocycles. The molecule has 14 heteroatoms. The average Bonchev–Trinajstić information content (AvgIpc) is 3.83. The third-order valence-corrected chi connectivity index (χ3v) is 10.5. The number of carboxylic acids is 1. The van der Waals surface area contributed by atoms with Crippen molar-refractivity contribution in [2.24, 2.45) is 0 Å². The third kappa shape index (κ3) is 7.45. The van der Waals surface area contributed by atoms with Gasteiger partial charge in [0.25, 0.3) is 10.0 Å². The fourth-order valence-corrected chi connectivity index (χ4v) is 7.22. The van der Waals surface area contributed by atoms with Crippen LogP contribution in [0.1, 0.15) is 77.4 Å². The molecule has 260 valence electrons. The van der Waals surface area contributed by atoms with Crippen LogP contribution in [0.4, 0.5) is 10.3 Å². The Labute approximate surface area is 288 Å². The van der Waals surface area contributed by atoms with Gasteiger partial charge in [-0.25, -0.2) is 37.3 Å². The van der Waals surface area contributed by atoms with Gasteiger partial charge in [0.15, 0.2) is 0 Å². The molecule has 2 fully saturated rings. The van der Waals surface area contributed by atoms with Crippen LogP contribution in [0.5, 0.6) is 5.88 Å². The highest BCUT2D eigenvalue weighted by Gasteiger charge is 2.39. The van der Waals surface area contributed by atoms with Crippen LogP contribution in [0.25, 0.3) is 22.5 Å². The second kappa shape index (κ2) is 13.4. The second-order valence-electron chi connectivity index (χ2n) is 13.2. The van der Waals surface area contributed by atoms with Crippen LogP contribution in [0.15, 0.2) is 70.1 Å². The number of aromatic carboxylic acids is 1. The van der Waals surface area contributed by atoms with Gasteiger partial charge >= 0.3 is 5.97 Å². The van der Waals surface area contributed by atoms with E-state index in [2.05, 4.69) is 25.0 Å². The highest BCUT2D eigenvalue weighted by atomic mass is 32.2. The Balaban J connectivity index is 1.14. The number of aryl methyl sites for hydroxylation is 2. The first-order chi connectivity index (χ1) is 23.9. The smallest absolute Gasteiger partial charge is 0.335 e. The number of furan rings is 1. The van der Waals surface area contributed by atoms with Crippen LogP contribution >= 0.6 is 0 Å². The van der Waals surface area contributed by atoms with Gasteiger partial charge in [-0.3, -0.25) is 0 Å². The SMILES string of the molecule is Cc1cccc(C)c1-c1cc(OC[C@@H](CC2(F)CCC2)NCc2cnc3oc(C4CC4)cc3n2)nc(NS(=O)(=O)c2cccc(C(=O)O)c2)n1. The van der Waals surface area contributed by atoms with Crippen molar-refractivity contribution in [1.82, 2.24) is 25.3 Å². The number of carbonyl (C=O) groups is 1. The summed E-state index contributed by atoms with van der Waals surface area (Å²) >= 11 is 0. The van der Waals surface area contributed by atoms with Crippen LogP contribution in [-0.2, 0) is 16.6 Å². The van der Waals surface area contributed by atoms with Gasteiger partial charge < -0.3 is 19.6 Å². The lowest BCUT2D eigenvalue weighted by molar-refractivity contribution is 0.0346. The predicted molar refractivity (Wildman–Crippen MR) is 183 cm³/mol. The molecule has 0 aliphatic heterocycles. The van der Waals surface area contributed by atoms with Crippen molar-refractivity contribution in [2.45, 2.75) is 81.4 Å². The number of rotatable bonds is 14. The maximum Gasteiger partial charge on any atom is 0.335 e. The number of hydrogen-bond acceptors (Lipinski definition) is 10. The number of anilines is 1. The van der Waals surface area contributed by atoms with Crippen LogP contribution in [-0.4, -0.2) is 57.7 Å². The predicted octanol–water partition coefficient (Wildman–Crippen LogP) is 6.49. The van der Waals surface area contributed by atoms with E-state index in [1.807, 2.05) is 38.1 Å². The number of fused-ring (bicyclic) bond motifs is 1. The number of alkyl halides is 1. The number of hydrogen-bond donors (Lipinski definition) is 3. The van der Waals surface area contributed by atoms with Crippen molar-refractivity contribution < 1.29 is 31.9 Å². The van der Waals surface area contributed by atoms with Crippen molar-refractivity contribution in [1.29, 1.82) is 0 Å². The van der Waals surface area contributed by atoms with E-state index < -0.39 is 27.7 Å². The van der Waals surface area contributed by atoms with Gasteiger partial charge in [-0.15, -0.1) is 0 Å². The number of carboxylic acid groups (broad SMARTS) is 1. The lowest BCUT2D eigenvalue weighted by Crippen LogP contribution is -2.44. The maximum atomic E-state index is 15.5. The summed E-state index contributed by atoms with van der Waals surface area (Å²) in [4.78, 5) is 29.3. The highest BCUT2D eigenvalue weighted by Crippen LogP contribution is 2.42. The zero-order valence-electron chi connectivity index (χ0n) is 27.6. The zero-order valence-corrected chi connectivity index (χ0v) is 28.5. The number of nitrogens with zero attached hydrogens (tertiary/aromatic N) is 4. The molecule has 3 aromatic heterocycles. The maximum absolute atomic E-state index is 15.5. The molecule has 7 rings (SSSR count). The molecular weight excluding hydrogens is 663 g/mol. The van der Waals surface area contributed by atoms with Gasteiger partial charge in [0.1, 0.15) is 23.6 Å². The number of benzene rings is 2. The average molecular weight is 701 g/mol. The van der Waals surface area contributed by atoms with Gasteiger partial charge in [0, 0.05) is 36.2 Å². The Kier molecular flexibility index (Phi) is 8.99. The molecule has 0 bridgehead atoms. The molecule has 50 heavy (non-hydrogen) atoms. The molecule has 12 nitrogen and oxygen atoms in total. The Morgan fingerprint density at radius 3 is 2.54 bits per heavy atom. The topological polar surface area (TPSA) is 169 Å². The Bertz CT molecular complexity index is 2160. The Morgan fingerprint density at radius 1 is 1.08 bits per heavy atom. The summed E-state index contributed by atoms with van der Waals surface area (Å²) in [6.07, 6.45) is 5.81. The van der Waals surface area contributed by atoms with Gasteiger partial charge in [-0.05, 0) is 81.7 Å². The summed E-state index contributed by atoms with van der Waals surface area (Å²) in [5, 5.41) is 12.8. The van der Waals surface area contributed by atoms with Crippen LogP contribution in [0.3, 0.4) is 0 Å². The van der Waals surface area contributed by atoms with E-state index >= 15 is 4.39 Å². The van der Waals surface area contributed by atoms with E-state index in [0.29, 0.717) is 47.9 Å². The molecule has 2 aromatic carbocycles. The second-order valence-corrected chi connectivity index (χ2v) is 14.9. The molecule has 0 radical (unpaired) electrons. The quantitative estimate of drug-likeness (QED) is 0.116. The molecule has 0 unspecified atom stereocenters. The van der Waals surface area contributed by atoms with Crippen LogP contribution < -0.4 is 14.8 Å². The molecular formula is C36H37FN6O6S. The van der Waals surface area contributed by atoms with E-state index in [0.717, 1.165) is 47.8 Å². The third-order valence-electron chi connectivity index (χ3n) is 9.21. The Morgan fingerprint density at radius 2 is 1.84 bits per heavy atom. The normalized spacial score (nSPS) is 16.1. The largest absolute Gasteiger partial charge is 0.478 e. The van der Waals surface area contributed by atoms with Crippen molar-refractivity contribution in [3.05, 3.63) is 88.9 Å². The highest BCUT2D eigenvalue weighted by molar-refractivity contribution is 7.92. The monoisotopic (exact) mass is 700 g/mol. The van der Waals surface area contributed by atoms with Crippen molar-refractivity contribution in [3.8, 4) is 17.1 Å². The molecule has 0 spiro atoms. The van der Waals surface area contributed by atoms with E-state index in [4.69, 9.17) is 14.1 Å². The van der Waals surface area contributed by atoms with Crippen LogP contribution in [0, 0.1) is 13.8 Å². The summed E-state index contributed by atoms with van der Waals surface area (Å²) in [5.74, 6) is -0.103. The number of sulfonamides is 1. The summed E-state index contributed by atoms with van der Waals surface area (Å²) in [5.41, 5.74) is 3.36. The van der Waals surface area contributed by atoms with Crippen LogP contribution in [0.2, 0.25) is 0 Å². The molecule has 2 aliphatic rings. The van der Waals surface area contributed by atoms with Gasteiger partial charge in [-0.1, -0.05) is 24.3 Å². The van der Waals surface area contributed by atoms with Gasteiger partial charge in [-0.2, -0.15) is 4.98 Å². The van der Waals surface area contributed by atoms with E-state index in [1.54, 1.807) is 12.3 Å².